The third kappa shape index (κ3) is 4.54. The van der Waals surface area contributed by atoms with Crippen molar-refractivity contribution in [2.24, 2.45) is 0 Å². The van der Waals surface area contributed by atoms with Crippen LogP contribution in [0.5, 0.6) is 0 Å². The molecule has 0 fully saturated rings. The smallest absolute Gasteiger partial charge is 0.0476 e. The first-order valence-electron chi connectivity index (χ1n) is 15.7. The van der Waals surface area contributed by atoms with Crippen molar-refractivity contribution in [3.8, 4) is 22.3 Å². The average Bonchev–Trinajstić information content (AvgIpc) is 3.51. The molecule has 0 bridgehead atoms. The quantitative estimate of drug-likeness (QED) is 0.189. The molecule has 9 aromatic rings. The molecule has 0 aliphatic rings. The lowest BCUT2D eigenvalue weighted by molar-refractivity contribution is 1.29. The zero-order valence-electron chi connectivity index (χ0n) is 25.1. The molecule has 0 saturated carbocycles. The van der Waals surface area contributed by atoms with Crippen LogP contribution in [0.3, 0.4) is 0 Å². The Morgan fingerprint density at radius 3 is 1.70 bits per heavy atom. The first-order chi connectivity index (χ1) is 22.8. The van der Waals surface area contributed by atoms with Gasteiger partial charge in [-0.15, -0.1) is 11.3 Å². The molecule has 0 saturated heterocycles. The lowest BCUT2D eigenvalue weighted by Crippen LogP contribution is -2.09. The number of thiophene rings is 1. The maximum Gasteiger partial charge on any atom is 0.0476 e. The van der Waals surface area contributed by atoms with E-state index in [9.17, 15) is 0 Å². The third-order valence-electron chi connectivity index (χ3n) is 9.06. The topological polar surface area (TPSA) is 3.24 Å². The fourth-order valence-electron chi connectivity index (χ4n) is 6.82. The summed E-state index contributed by atoms with van der Waals surface area (Å²) >= 11 is 1.87. The van der Waals surface area contributed by atoms with Crippen LogP contribution in [-0.4, -0.2) is 0 Å². The van der Waals surface area contributed by atoms with Crippen molar-refractivity contribution in [3.63, 3.8) is 0 Å². The second-order valence-corrected chi connectivity index (χ2v) is 12.8. The summed E-state index contributed by atoms with van der Waals surface area (Å²) in [5, 5.41) is 7.79. The Labute approximate surface area is 272 Å². The summed E-state index contributed by atoms with van der Waals surface area (Å²) in [6.07, 6.45) is 0. The van der Waals surface area contributed by atoms with Crippen molar-refractivity contribution in [3.05, 3.63) is 176 Å². The normalized spacial score (nSPS) is 11.5. The van der Waals surface area contributed by atoms with E-state index >= 15 is 0 Å². The molecule has 1 nitrogen and oxygen atoms in total. The number of hydrogen-bond donors (Lipinski definition) is 0. The number of nitrogens with zero attached hydrogens (tertiary/aromatic N) is 1. The summed E-state index contributed by atoms with van der Waals surface area (Å²) in [6, 6.07) is 63.9. The van der Waals surface area contributed by atoms with Crippen LogP contribution in [0.25, 0.3) is 64.0 Å². The molecule has 0 aliphatic carbocycles. The molecule has 1 heterocycles. The van der Waals surface area contributed by atoms with Gasteiger partial charge in [0.15, 0.2) is 0 Å². The molecular formula is C44H29NS. The number of rotatable bonds is 5. The predicted octanol–water partition coefficient (Wildman–Crippen LogP) is 13.2. The number of fused-ring (bicyclic) bond motifs is 6. The van der Waals surface area contributed by atoms with Crippen LogP contribution in [0, 0.1) is 0 Å². The van der Waals surface area contributed by atoms with Gasteiger partial charge < -0.3 is 4.90 Å². The molecule has 9 rings (SSSR count). The second kappa shape index (κ2) is 11.0. The van der Waals surface area contributed by atoms with Gasteiger partial charge in [-0.2, -0.15) is 0 Å². The second-order valence-electron chi connectivity index (χ2n) is 11.8. The third-order valence-corrected chi connectivity index (χ3v) is 10.2. The minimum Gasteiger partial charge on any atom is -0.310 e. The first-order valence-corrected chi connectivity index (χ1v) is 16.5. The van der Waals surface area contributed by atoms with Crippen LogP contribution < -0.4 is 4.90 Å². The van der Waals surface area contributed by atoms with Crippen molar-refractivity contribution >= 4 is 70.1 Å². The lowest BCUT2D eigenvalue weighted by atomic mass is 9.98. The summed E-state index contributed by atoms with van der Waals surface area (Å²) in [4.78, 5) is 2.38. The van der Waals surface area contributed by atoms with Crippen molar-refractivity contribution in [1.82, 2.24) is 0 Å². The summed E-state index contributed by atoms with van der Waals surface area (Å²) in [6.45, 7) is 0. The van der Waals surface area contributed by atoms with E-state index in [-0.39, 0.29) is 0 Å². The highest BCUT2D eigenvalue weighted by Crippen LogP contribution is 2.43. The fraction of sp³-hybridized carbons (Fsp3) is 0. The molecule has 46 heavy (non-hydrogen) atoms. The lowest BCUT2D eigenvalue weighted by Gasteiger charge is -2.26. The van der Waals surface area contributed by atoms with E-state index in [1.165, 1.54) is 64.0 Å². The van der Waals surface area contributed by atoms with E-state index in [1.54, 1.807) is 0 Å². The largest absolute Gasteiger partial charge is 0.310 e. The summed E-state index contributed by atoms with van der Waals surface area (Å²) in [5.41, 5.74) is 8.30. The van der Waals surface area contributed by atoms with E-state index in [0.717, 1.165) is 17.1 Å². The molecule has 216 valence electrons. The van der Waals surface area contributed by atoms with Gasteiger partial charge in [-0.05, 0) is 86.3 Å². The Hall–Kier alpha value is -5.70. The number of anilines is 3. The molecule has 0 aliphatic heterocycles. The van der Waals surface area contributed by atoms with Crippen LogP contribution in [0.1, 0.15) is 0 Å². The first kappa shape index (κ1) is 26.7. The Bertz CT molecular complexity index is 2500. The van der Waals surface area contributed by atoms with Crippen LogP contribution in [0.2, 0.25) is 0 Å². The Balaban J connectivity index is 1.18. The predicted molar refractivity (Wildman–Crippen MR) is 200 cm³/mol. The molecule has 1 aromatic heterocycles. The van der Waals surface area contributed by atoms with Gasteiger partial charge in [0.05, 0.1) is 0 Å². The molecule has 0 N–H and O–H groups in total. The molecule has 0 atom stereocenters. The Kier molecular flexibility index (Phi) is 6.40. The van der Waals surface area contributed by atoms with Gasteiger partial charge in [0.1, 0.15) is 0 Å². The van der Waals surface area contributed by atoms with Gasteiger partial charge in [-0.25, -0.2) is 0 Å². The fourth-order valence-corrected chi connectivity index (χ4v) is 7.98. The van der Waals surface area contributed by atoms with Gasteiger partial charge in [-0.1, -0.05) is 133 Å². The molecule has 0 amide bonds. The van der Waals surface area contributed by atoms with E-state index < -0.39 is 0 Å². The maximum absolute atomic E-state index is 2.38. The van der Waals surface area contributed by atoms with Gasteiger partial charge in [0, 0.05) is 37.2 Å². The van der Waals surface area contributed by atoms with Crippen LogP contribution in [0.15, 0.2) is 176 Å². The zero-order chi connectivity index (χ0) is 30.5. The highest BCUT2D eigenvalue weighted by molar-refractivity contribution is 7.26. The molecule has 8 aromatic carbocycles. The van der Waals surface area contributed by atoms with Gasteiger partial charge in [0.2, 0.25) is 0 Å². The Morgan fingerprint density at radius 2 is 0.935 bits per heavy atom. The van der Waals surface area contributed by atoms with Crippen molar-refractivity contribution < 1.29 is 0 Å². The van der Waals surface area contributed by atoms with Crippen molar-refractivity contribution in [1.29, 1.82) is 0 Å². The monoisotopic (exact) mass is 603 g/mol. The van der Waals surface area contributed by atoms with Gasteiger partial charge >= 0.3 is 0 Å². The summed E-state index contributed by atoms with van der Waals surface area (Å²) in [5.74, 6) is 0. The van der Waals surface area contributed by atoms with E-state index in [4.69, 9.17) is 0 Å². The molecule has 0 spiro atoms. The van der Waals surface area contributed by atoms with E-state index in [0.29, 0.717) is 0 Å². The van der Waals surface area contributed by atoms with Crippen molar-refractivity contribution in [2.45, 2.75) is 0 Å². The highest BCUT2D eigenvalue weighted by Gasteiger charge is 2.16. The SMILES string of the molecule is c1ccc(-c2ccc(N(c3ccc(-c4cccc5ccccc45)cc3)c3ccc4c(c3)sc3ccc5ccccc5c34)cc2)cc1. The van der Waals surface area contributed by atoms with Gasteiger partial charge in [-0.3, -0.25) is 0 Å². The summed E-state index contributed by atoms with van der Waals surface area (Å²) < 4.78 is 2.62. The number of benzene rings is 8. The van der Waals surface area contributed by atoms with Crippen molar-refractivity contribution in [2.75, 3.05) is 4.90 Å². The standard InChI is InChI=1S/C44H29NS/c1-2-9-30(10-3-1)31-17-22-35(23-18-31)45(36-24-19-34(20-25-36)39-16-8-13-32-11-4-6-14-38(32)39)37-26-27-41-43(29-37)46-42-28-21-33-12-5-7-15-40(33)44(41)42/h1-29H. The zero-order valence-corrected chi connectivity index (χ0v) is 25.9. The summed E-state index contributed by atoms with van der Waals surface area (Å²) in [7, 11) is 0. The van der Waals surface area contributed by atoms with E-state index in [1.807, 2.05) is 11.3 Å². The van der Waals surface area contributed by atoms with Crippen LogP contribution in [-0.2, 0) is 0 Å². The Morgan fingerprint density at radius 1 is 0.348 bits per heavy atom. The molecule has 0 radical (unpaired) electrons. The number of hydrogen-bond acceptors (Lipinski definition) is 2. The minimum atomic E-state index is 1.13. The van der Waals surface area contributed by atoms with Crippen LogP contribution in [0.4, 0.5) is 17.1 Å². The molecule has 0 unspecified atom stereocenters. The average molecular weight is 604 g/mol. The molecule has 2 heteroatoms. The van der Waals surface area contributed by atoms with Gasteiger partial charge in [0.25, 0.3) is 0 Å². The van der Waals surface area contributed by atoms with Crippen LogP contribution >= 0.6 is 11.3 Å². The maximum atomic E-state index is 2.38. The highest BCUT2D eigenvalue weighted by atomic mass is 32.1. The molecular weight excluding hydrogens is 575 g/mol. The van der Waals surface area contributed by atoms with E-state index in [2.05, 4.69) is 181 Å². The minimum absolute atomic E-state index is 1.13.